The highest BCUT2D eigenvalue weighted by Crippen LogP contribution is 2.39. The highest BCUT2D eigenvalue weighted by molar-refractivity contribution is 6.13. The van der Waals surface area contributed by atoms with Crippen LogP contribution in [0.25, 0.3) is 93.6 Å². The number of fused-ring (bicyclic) bond motifs is 9. The van der Waals surface area contributed by atoms with Crippen molar-refractivity contribution in [2.24, 2.45) is 0 Å². The zero-order valence-electron chi connectivity index (χ0n) is 29.5. The van der Waals surface area contributed by atoms with Crippen LogP contribution < -0.4 is 0 Å². The number of rotatable bonds is 4. The molecule has 0 unspecified atom stereocenters. The van der Waals surface area contributed by atoms with Gasteiger partial charge in [0.15, 0.2) is 0 Å². The van der Waals surface area contributed by atoms with E-state index in [1.165, 1.54) is 21.8 Å². The fourth-order valence-electron chi connectivity index (χ4n) is 8.67. The maximum atomic E-state index is 10.3. The van der Waals surface area contributed by atoms with Gasteiger partial charge < -0.3 is 13.7 Å². The molecule has 3 aromatic heterocycles. The summed E-state index contributed by atoms with van der Waals surface area (Å²) in [4.78, 5) is 0. The summed E-state index contributed by atoms with van der Waals surface area (Å²) in [5.41, 5.74) is 12.9. The number of aromatic nitrogens is 3. The Morgan fingerprint density at radius 2 is 0.727 bits per heavy atom. The topological polar surface area (TPSA) is 62.4 Å². The van der Waals surface area contributed by atoms with E-state index in [-0.39, 0.29) is 0 Å². The van der Waals surface area contributed by atoms with Gasteiger partial charge in [0.2, 0.25) is 0 Å². The predicted octanol–water partition coefficient (Wildman–Crippen LogP) is 12.4. The summed E-state index contributed by atoms with van der Waals surface area (Å²) in [5, 5.41) is 26.8. The van der Waals surface area contributed by atoms with Gasteiger partial charge in [-0.3, -0.25) is 0 Å². The van der Waals surface area contributed by atoms with E-state index < -0.39 is 0 Å². The highest BCUT2D eigenvalue weighted by Gasteiger charge is 2.18. The van der Waals surface area contributed by atoms with Crippen molar-refractivity contribution in [1.82, 2.24) is 13.7 Å². The van der Waals surface area contributed by atoms with Crippen LogP contribution in [0.4, 0.5) is 0 Å². The van der Waals surface area contributed by atoms with E-state index in [9.17, 15) is 10.5 Å². The van der Waals surface area contributed by atoms with Gasteiger partial charge in [0, 0.05) is 49.4 Å². The monoisotopic (exact) mass is 699 g/mol. The second-order valence-electron chi connectivity index (χ2n) is 14.0. The smallest absolute Gasteiger partial charge is 0.0992 e. The Morgan fingerprint density at radius 3 is 1.29 bits per heavy atom. The van der Waals surface area contributed by atoms with Crippen molar-refractivity contribution in [3.63, 3.8) is 0 Å². The normalized spacial score (nSPS) is 11.6. The molecule has 0 radical (unpaired) electrons. The van der Waals surface area contributed by atoms with Gasteiger partial charge in [0.05, 0.1) is 56.4 Å². The minimum Gasteiger partial charge on any atom is -0.309 e. The third-order valence-corrected chi connectivity index (χ3v) is 11.1. The molecule has 0 saturated heterocycles. The lowest BCUT2D eigenvalue weighted by Crippen LogP contribution is -1.97. The maximum absolute atomic E-state index is 10.3. The van der Waals surface area contributed by atoms with Crippen molar-refractivity contribution >= 4 is 65.4 Å². The van der Waals surface area contributed by atoms with E-state index in [0.29, 0.717) is 11.1 Å². The molecular formula is C50H29N5. The number of para-hydroxylation sites is 4. The molecule has 0 N–H and O–H groups in total. The molecule has 0 bridgehead atoms. The highest BCUT2D eigenvalue weighted by atomic mass is 15.0. The lowest BCUT2D eigenvalue weighted by molar-refractivity contribution is 1.16. The number of hydrogen-bond acceptors (Lipinski definition) is 2. The lowest BCUT2D eigenvalue weighted by Gasteiger charge is -2.13. The molecule has 0 atom stereocenters. The standard InChI is InChI=1S/C50H29N5/c51-30-32-17-23-49-43(27-32)41-11-3-7-15-47(41)54(49)37-22-24-50-44(29-37)42-12-4-8-16-48(42)55(50)38-26-33(31-52)25-35(28-38)34-18-20-36(21-19-34)53-45-13-5-1-9-39(45)40-10-2-6-14-46(40)53/h1-29H. The molecule has 0 aliphatic heterocycles. The zero-order valence-corrected chi connectivity index (χ0v) is 29.5. The minimum absolute atomic E-state index is 0.601. The van der Waals surface area contributed by atoms with Crippen LogP contribution in [0.3, 0.4) is 0 Å². The second kappa shape index (κ2) is 11.8. The summed E-state index contributed by atoms with van der Waals surface area (Å²) >= 11 is 0. The molecule has 0 aliphatic rings. The van der Waals surface area contributed by atoms with Crippen molar-refractivity contribution < 1.29 is 0 Å². The first-order valence-corrected chi connectivity index (χ1v) is 18.3. The molecule has 0 amide bonds. The van der Waals surface area contributed by atoms with Gasteiger partial charge in [-0.2, -0.15) is 10.5 Å². The third-order valence-electron chi connectivity index (χ3n) is 11.1. The SMILES string of the molecule is N#Cc1cc(-c2ccc(-n3c4ccccc4c4ccccc43)cc2)cc(-n2c3ccccc3c3cc(-n4c5ccccc5c5cc(C#N)ccc54)ccc32)c1. The first-order chi connectivity index (χ1) is 27.2. The van der Waals surface area contributed by atoms with Gasteiger partial charge in [0.25, 0.3) is 0 Å². The Morgan fingerprint density at radius 1 is 0.291 bits per heavy atom. The van der Waals surface area contributed by atoms with Gasteiger partial charge in [0.1, 0.15) is 0 Å². The molecule has 11 rings (SSSR count). The van der Waals surface area contributed by atoms with Crippen molar-refractivity contribution in [2.45, 2.75) is 0 Å². The van der Waals surface area contributed by atoms with E-state index in [1.54, 1.807) is 0 Å². The van der Waals surface area contributed by atoms with Crippen LogP contribution >= 0.6 is 0 Å². The first-order valence-electron chi connectivity index (χ1n) is 18.3. The number of nitrogens with zero attached hydrogens (tertiary/aromatic N) is 5. The van der Waals surface area contributed by atoms with Gasteiger partial charge in [-0.05, 0) is 102 Å². The summed E-state index contributed by atoms with van der Waals surface area (Å²) in [6, 6.07) is 66.0. The Kier molecular flexibility index (Phi) is 6.61. The molecule has 3 heterocycles. The second-order valence-corrected chi connectivity index (χ2v) is 14.0. The lowest BCUT2D eigenvalue weighted by atomic mass is 10.0. The summed E-state index contributed by atoms with van der Waals surface area (Å²) < 4.78 is 6.88. The largest absolute Gasteiger partial charge is 0.309 e. The molecule has 0 saturated carbocycles. The molecule has 55 heavy (non-hydrogen) atoms. The summed E-state index contributed by atoms with van der Waals surface area (Å²) in [6.45, 7) is 0. The van der Waals surface area contributed by atoms with E-state index in [0.717, 1.165) is 71.8 Å². The van der Waals surface area contributed by atoms with Crippen molar-refractivity contribution in [3.8, 4) is 40.3 Å². The molecule has 5 heteroatoms. The molecule has 254 valence electrons. The summed E-state index contributed by atoms with van der Waals surface area (Å²) in [6.07, 6.45) is 0. The van der Waals surface area contributed by atoms with Crippen molar-refractivity contribution in [1.29, 1.82) is 10.5 Å². The summed E-state index contributed by atoms with van der Waals surface area (Å²) in [7, 11) is 0. The van der Waals surface area contributed by atoms with E-state index in [1.807, 2.05) is 36.4 Å². The van der Waals surface area contributed by atoms with Crippen molar-refractivity contribution in [3.05, 3.63) is 187 Å². The molecule has 8 aromatic carbocycles. The molecule has 11 aromatic rings. The Balaban J connectivity index is 1.06. The Labute approximate surface area is 316 Å². The van der Waals surface area contributed by atoms with Crippen LogP contribution in [0.15, 0.2) is 176 Å². The average Bonchev–Trinajstić information content (AvgIpc) is 3.89. The molecule has 0 fully saturated rings. The molecular weight excluding hydrogens is 671 g/mol. The van der Waals surface area contributed by atoms with E-state index in [4.69, 9.17) is 0 Å². The predicted molar refractivity (Wildman–Crippen MR) is 224 cm³/mol. The van der Waals surface area contributed by atoms with Gasteiger partial charge in [-0.15, -0.1) is 0 Å². The van der Waals surface area contributed by atoms with E-state index >= 15 is 0 Å². The average molecular weight is 700 g/mol. The van der Waals surface area contributed by atoms with Crippen LogP contribution in [-0.4, -0.2) is 13.7 Å². The van der Waals surface area contributed by atoms with Crippen LogP contribution in [0.1, 0.15) is 11.1 Å². The Bertz CT molecular complexity index is 3400. The zero-order chi connectivity index (χ0) is 36.6. The van der Waals surface area contributed by atoms with E-state index in [2.05, 4.69) is 165 Å². The Hall–Kier alpha value is -7.86. The van der Waals surface area contributed by atoms with Gasteiger partial charge in [-0.1, -0.05) is 84.9 Å². The van der Waals surface area contributed by atoms with Crippen LogP contribution in [0, 0.1) is 22.7 Å². The molecule has 0 spiro atoms. The number of hydrogen-bond donors (Lipinski definition) is 0. The number of nitriles is 2. The molecule has 0 aliphatic carbocycles. The van der Waals surface area contributed by atoms with Crippen LogP contribution in [0.5, 0.6) is 0 Å². The maximum Gasteiger partial charge on any atom is 0.0992 e. The fourth-order valence-corrected chi connectivity index (χ4v) is 8.67. The first kappa shape index (κ1) is 30.7. The number of benzene rings is 8. The summed E-state index contributed by atoms with van der Waals surface area (Å²) in [5.74, 6) is 0. The third kappa shape index (κ3) is 4.58. The van der Waals surface area contributed by atoms with Crippen molar-refractivity contribution in [2.75, 3.05) is 0 Å². The molecule has 5 nitrogen and oxygen atoms in total. The van der Waals surface area contributed by atoms with Crippen LogP contribution in [-0.2, 0) is 0 Å². The van der Waals surface area contributed by atoms with Gasteiger partial charge >= 0.3 is 0 Å². The fraction of sp³-hybridized carbons (Fsp3) is 0. The van der Waals surface area contributed by atoms with Gasteiger partial charge in [-0.25, -0.2) is 0 Å². The quantitative estimate of drug-likeness (QED) is 0.184. The minimum atomic E-state index is 0.601. The van der Waals surface area contributed by atoms with Crippen LogP contribution in [0.2, 0.25) is 0 Å².